The monoisotopic (exact) mass is 212 g/mol. The number of fused-ring (bicyclic) bond motifs is 2. The molecule has 0 aliphatic heterocycles. The van der Waals surface area contributed by atoms with Crippen molar-refractivity contribution in [1.82, 2.24) is 0 Å². The maximum absolute atomic E-state index is 3.63. The van der Waals surface area contributed by atoms with Crippen molar-refractivity contribution in [3.8, 4) is 0 Å². The molecule has 0 saturated heterocycles. The van der Waals surface area contributed by atoms with E-state index in [0.29, 0.717) is 0 Å². The van der Waals surface area contributed by atoms with E-state index in [2.05, 4.69) is 15.9 Å². The molecule has 3 spiro atoms. The Morgan fingerprint density at radius 1 is 1.27 bits per heavy atom. The first kappa shape index (κ1) is 6.01. The number of halogens is 1. The van der Waals surface area contributed by atoms with Gasteiger partial charge in [0.15, 0.2) is 0 Å². The van der Waals surface area contributed by atoms with E-state index in [1.807, 2.05) is 0 Å². The summed E-state index contributed by atoms with van der Waals surface area (Å²) in [6.07, 6.45) is 7.99. The van der Waals surface area contributed by atoms with Crippen LogP contribution in [-0.2, 0) is 0 Å². The van der Waals surface area contributed by atoms with Gasteiger partial charge in [-0.1, -0.05) is 15.9 Å². The average Bonchev–Trinajstić information content (AvgIpc) is 2.83. The zero-order valence-electron chi connectivity index (χ0n) is 6.70. The molecule has 0 amide bonds. The van der Waals surface area contributed by atoms with Crippen molar-refractivity contribution in [3.05, 3.63) is 0 Å². The van der Waals surface area contributed by atoms with Gasteiger partial charge in [-0.3, -0.25) is 0 Å². The molecule has 3 atom stereocenters. The maximum Gasteiger partial charge on any atom is 0.00654 e. The minimum absolute atomic E-state index is 0.924. The van der Waals surface area contributed by atoms with Gasteiger partial charge in [-0.15, -0.1) is 0 Å². The van der Waals surface area contributed by atoms with Gasteiger partial charge >= 0.3 is 0 Å². The molecule has 4 saturated carbocycles. The van der Waals surface area contributed by atoms with Crippen LogP contribution in [0.25, 0.3) is 0 Å². The van der Waals surface area contributed by atoms with E-state index in [1.54, 1.807) is 32.1 Å². The maximum atomic E-state index is 3.63. The summed E-state index contributed by atoms with van der Waals surface area (Å²) < 4.78 is 0. The highest BCUT2D eigenvalue weighted by molar-refractivity contribution is 9.09. The van der Waals surface area contributed by atoms with Crippen LogP contribution < -0.4 is 0 Å². The van der Waals surface area contributed by atoms with Crippen LogP contribution in [0.4, 0.5) is 0 Å². The first-order valence-corrected chi connectivity index (χ1v) is 5.97. The molecule has 60 valence electrons. The lowest BCUT2D eigenvalue weighted by Gasteiger charge is -1.90. The minimum atomic E-state index is 0.924. The topological polar surface area (TPSA) is 0 Å². The van der Waals surface area contributed by atoms with Crippen LogP contribution in [0.5, 0.6) is 0 Å². The molecule has 0 bridgehead atoms. The fourth-order valence-corrected chi connectivity index (χ4v) is 5.02. The van der Waals surface area contributed by atoms with Gasteiger partial charge in [-0.05, 0) is 54.3 Å². The van der Waals surface area contributed by atoms with Crippen molar-refractivity contribution >= 4 is 15.9 Å². The highest BCUT2D eigenvalue weighted by Gasteiger charge is 2.95. The van der Waals surface area contributed by atoms with Crippen LogP contribution >= 0.6 is 15.9 Å². The van der Waals surface area contributed by atoms with Crippen LogP contribution in [0.15, 0.2) is 0 Å². The fraction of sp³-hybridized carbons (Fsp3) is 1.00. The van der Waals surface area contributed by atoms with Crippen molar-refractivity contribution < 1.29 is 0 Å². The Labute approximate surface area is 75.9 Å². The van der Waals surface area contributed by atoms with Gasteiger partial charge in [0.2, 0.25) is 0 Å². The molecule has 4 aliphatic rings. The van der Waals surface area contributed by atoms with Crippen LogP contribution in [0.3, 0.4) is 0 Å². The lowest BCUT2D eigenvalue weighted by Crippen LogP contribution is -1.88. The van der Waals surface area contributed by atoms with Gasteiger partial charge in [0.25, 0.3) is 0 Å². The summed E-state index contributed by atoms with van der Waals surface area (Å²) in [4.78, 5) is 0. The molecule has 0 aromatic rings. The van der Waals surface area contributed by atoms with Crippen molar-refractivity contribution in [2.45, 2.75) is 32.1 Å². The van der Waals surface area contributed by atoms with Crippen LogP contribution in [0.2, 0.25) is 0 Å². The smallest absolute Gasteiger partial charge is 0.00654 e. The SMILES string of the molecule is BrCC1CC12CC21CC12CC2. The molecule has 4 aliphatic carbocycles. The quantitative estimate of drug-likeness (QED) is 0.587. The molecule has 0 N–H and O–H groups in total. The van der Waals surface area contributed by atoms with E-state index in [4.69, 9.17) is 0 Å². The van der Waals surface area contributed by atoms with Gasteiger partial charge in [-0.2, -0.15) is 0 Å². The first-order valence-electron chi connectivity index (χ1n) is 4.85. The summed E-state index contributed by atoms with van der Waals surface area (Å²) in [5.41, 5.74) is 2.84. The highest BCUT2D eigenvalue weighted by atomic mass is 79.9. The Bertz CT molecular complexity index is 256. The largest absolute Gasteiger partial charge is 0.0925 e. The van der Waals surface area contributed by atoms with Gasteiger partial charge in [0.05, 0.1) is 0 Å². The van der Waals surface area contributed by atoms with E-state index in [-0.39, 0.29) is 0 Å². The zero-order chi connectivity index (χ0) is 7.32. The van der Waals surface area contributed by atoms with Crippen molar-refractivity contribution in [3.63, 3.8) is 0 Å². The Balaban J connectivity index is 1.66. The third-order valence-corrected chi connectivity index (χ3v) is 6.03. The molecular weight excluding hydrogens is 200 g/mol. The molecule has 4 rings (SSSR count). The van der Waals surface area contributed by atoms with Crippen LogP contribution in [0, 0.1) is 22.2 Å². The molecule has 0 aromatic heterocycles. The van der Waals surface area contributed by atoms with Gasteiger partial charge in [0.1, 0.15) is 0 Å². The second kappa shape index (κ2) is 1.25. The van der Waals surface area contributed by atoms with E-state index >= 15 is 0 Å². The molecule has 0 radical (unpaired) electrons. The van der Waals surface area contributed by atoms with Crippen molar-refractivity contribution in [2.24, 2.45) is 22.2 Å². The van der Waals surface area contributed by atoms with E-state index in [9.17, 15) is 0 Å². The summed E-state index contributed by atoms with van der Waals surface area (Å²) in [5, 5.41) is 1.28. The third kappa shape index (κ3) is 0.418. The number of rotatable bonds is 1. The average molecular weight is 213 g/mol. The lowest BCUT2D eigenvalue weighted by molar-refractivity contribution is 0.592. The van der Waals surface area contributed by atoms with Gasteiger partial charge in [-0.25, -0.2) is 0 Å². The lowest BCUT2D eigenvalue weighted by atomic mass is 10.2. The predicted octanol–water partition coefficient (Wildman–Crippen LogP) is 2.96. The molecule has 0 nitrogen and oxygen atoms in total. The summed E-state index contributed by atoms with van der Waals surface area (Å²) >= 11 is 3.63. The molecule has 0 aromatic carbocycles. The van der Waals surface area contributed by atoms with E-state index < -0.39 is 0 Å². The second-order valence-corrected chi connectivity index (χ2v) is 6.07. The van der Waals surface area contributed by atoms with Crippen molar-refractivity contribution in [2.75, 3.05) is 5.33 Å². The standard InChI is InChI=1S/C10H13Br/c11-4-7-3-9(7)6-10(9)5-8(10)1-2-8/h7H,1-6H2. The van der Waals surface area contributed by atoms with E-state index in [0.717, 1.165) is 22.2 Å². The van der Waals surface area contributed by atoms with Crippen LogP contribution in [0.1, 0.15) is 32.1 Å². The molecular formula is C10H13Br. The van der Waals surface area contributed by atoms with Gasteiger partial charge < -0.3 is 0 Å². The first-order chi connectivity index (χ1) is 5.29. The predicted molar refractivity (Wildman–Crippen MR) is 47.7 cm³/mol. The summed E-state index contributed by atoms with van der Waals surface area (Å²) in [6.45, 7) is 0. The Morgan fingerprint density at radius 2 is 2.09 bits per heavy atom. The van der Waals surface area contributed by atoms with E-state index in [1.165, 1.54) is 5.33 Å². The second-order valence-electron chi connectivity index (χ2n) is 5.43. The Kier molecular flexibility index (Phi) is 0.682. The van der Waals surface area contributed by atoms with Crippen LogP contribution in [-0.4, -0.2) is 5.33 Å². The molecule has 11 heavy (non-hydrogen) atoms. The fourth-order valence-electron chi connectivity index (χ4n) is 4.17. The number of hydrogen-bond donors (Lipinski definition) is 0. The van der Waals surface area contributed by atoms with Crippen molar-refractivity contribution in [1.29, 1.82) is 0 Å². The highest BCUT2D eigenvalue weighted by Crippen LogP contribution is 3.02. The molecule has 3 unspecified atom stereocenters. The molecule has 4 fully saturated rings. The summed E-state index contributed by atoms with van der Waals surface area (Å²) in [6, 6.07) is 0. The Morgan fingerprint density at radius 3 is 2.55 bits per heavy atom. The number of hydrogen-bond acceptors (Lipinski definition) is 0. The zero-order valence-corrected chi connectivity index (χ0v) is 8.28. The Hall–Kier alpha value is 0.480. The summed E-state index contributed by atoms with van der Waals surface area (Å²) in [5.74, 6) is 1.09. The summed E-state index contributed by atoms with van der Waals surface area (Å²) in [7, 11) is 0. The third-order valence-electron chi connectivity index (χ3n) is 5.25. The molecule has 1 heteroatoms. The minimum Gasteiger partial charge on any atom is -0.0925 e. The number of alkyl halides is 1. The normalized spacial score (nSPS) is 65.7. The van der Waals surface area contributed by atoms with Gasteiger partial charge in [0, 0.05) is 5.33 Å². The molecule has 0 heterocycles.